The summed E-state index contributed by atoms with van der Waals surface area (Å²) in [6.45, 7) is 18.4. The van der Waals surface area contributed by atoms with E-state index >= 15 is 0 Å². The van der Waals surface area contributed by atoms with Crippen molar-refractivity contribution < 1.29 is 36.8 Å². The zero-order valence-corrected chi connectivity index (χ0v) is 27.7. The highest BCUT2D eigenvalue weighted by Crippen LogP contribution is 2.65. The molecule has 0 radical (unpaired) electrons. The lowest BCUT2D eigenvalue weighted by molar-refractivity contribution is -0.146. The molecule has 0 unspecified atom stereocenters. The summed E-state index contributed by atoms with van der Waals surface area (Å²) in [5.74, 6) is -0.726. The van der Waals surface area contributed by atoms with E-state index in [1.165, 1.54) is 13.8 Å². The molecule has 13 heteroatoms. The molecule has 0 aliphatic rings. The number of esters is 1. The minimum atomic E-state index is -3.47. The summed E-state index contributed by atoms with van der Waals surface area (Å²) in [5, 5.41) is 0. The van der Waals surface area contributed by atoms with Crippen LogP contribution in [0, 0.1) is 0 Å². The molecular weight excluding hydrogens is 532 g/mol. The highest BCUT2D eigenvalue weighted by Gasteiger charge is 2.37. The van der Waals surface area contributed by atoms with Gasteiger partial charge in [0.2, 0.25) is 0 Å². The smallest absolute Gasteiger partial charge is 0.393 e. The quantitative estimate of drug-likeness (QED) is 0.163. The summed E-state index contributed by atoms with van der Waals surface area (Å²) in [7, 11) is 0. The summed E-state index contributed by atoms with van der Waals surface area (Å²) in [6.07, 6.45) is 1.73. The average molecular weight is 582 g/mol. The third-order valence-electron chi connectivity index (χ3n) is 2.69. The number of ether oxygens (including phenoxy) is 1. The summed E-state index contributed by atoms with van der Waals surface area (Å²) in [4.78, 5) is 11.6. The second-order valence-electron chi connectivity index (χ2n) is 12.3. The normalized spacial score (nSPS) is 14.3. The minimum absolute atomic E-state index is 0.150. The second kappa shape index (κ2) is 13.5. The molecular formula is C22H49NO8P2S2. The molecule has 0 fully saturated rings. The third-order valence-corrected chi connectivity index (χ3v) is 10.3. The molecule has 0 atom stereocenters. The van der Waals surface area contributed by atoms with Crippen LogP contribution in [0.4, 0.5) is 0 Å². The van der Waals surface area contributed by atoms with Gasteiger partial charge in [-0.3, -0.25) is 22.9 Å². The maximum atomic E-state index is 12.8. The van der Waals surface area contributed by atoms with Crippen LogP contribution in [0.3, 0.4) is 0 Å². The van der Waals surface area contributed by atoms with Gasteiger partial charge in [0.25, 0.3) is 0 Å². The van der Waals surface area contributed by atoms with Crippen LogP contribution in [0.5, 0.6) is 0 Å². The van der Waals surface area contributed by atoms with E-state index in [2.05, 4.69) is 0 Å². The Labute approximate surface area is 221 Å². The number of rotatable bonds is 9. The molecule has 0 aromatic heterocycles. The first-order valence-electron chi connectivity index (χ1n) is 11.2. The summed E-state index contributed by atoms with van der Waals surface area (Å²) in [6, 6.07) is 0. The number of nitrogens with two attached hydrogens (primary N) is 1. The Balaban J connectivity index is 0. The Morgan fingerprint density at radius 3 is 1.17 bits per heavy atom. The maximum Gasteiger partial charge on any atom is 0.393 e. The van der Waals surface area contributed by atoms with Gasteiger partial charge in [-0.05, 0) is 115 Å². The van der Waals surface area contributed by atoms with Crippen molar-refractivity contribution in [3.8, 4) is 0 Å². The Morgan fingerprint density at radius 2 is 0.943 bits per heavy atom. The number of hydrogen-bond donors (Lipinski definition) is 1. The fourth-order valence-corrected chi connectivity index (χ4v) is 9.13. The molecule has 0 amide bonds. The van der Waals surface area contributed by atoms with Crippen molar-refractivity contribution in [1.29, 1.82) is 0 Å². The van der Waals surface area contributed by atoms with E-state index in [1.807, 2.05) is 41.5 Å². The van der Waals surface area contributed by atoms with Gasteiger partial charge in [-0.15, -0.1) is 0 Å². The second-order valence-corrected chi connectivity index (χ2v) is 20.2. The van der Waals surface area contributed by atoms with Crippen LogP contribution in [0.1, 0.15) is 96.9 Å². The first kappa shape index (κ1) is 37.6. The first-order valence-corrected chi connectivity index (χ1v) is 17.7. The van der Waals surface area contributed by atoms with Gasteiger partial charge < -0.3 is 10.5 Å². The molecule has 0 aromatic rings. The van der Waals surface area contributed by atoms with Gasteiger partial charge in [0.15, 0.2) is 0 Å². The largest absolute Gasteiger partial charge is 0.453 e. The summed E-state index contributed by atoms with van der Waals surface area (Å²) >= 11 is 1.97. The molecule has 0 aromatic carbocycles. The number of carbonyl (C=O) groups excluding carboxylic acids is 1. The number of hydrogen-bond acceptors (Lipinski definition) is 11. The van der Waals surface area contributed by atoms with Crippen molar-refractivity contribution in [2.75, 3.05) is 12.2 Å². The SMILES string of the molecule is CC(C)(C)OP(=O)(OC(C)(C)C)SCOC(=O)C(C)(C)N.CSP(=O)(OC(C)(C)C)OC(C)(C)C. The first-order chi connectivity index (χ1) is 15.0. The van der Waals surface area contributed by atoms with Crippen molar-refractivity contribution in [2.45, 2.75) is 125 Å². The lowest BCUT2D eigenvalue weighted by atomic mass is 10.1. The van der Waals surface area contributed by atoms with Gasteiger partial charge in [0.05, 0.1) is 22.4 Å². The van der Waals surface area contributed by atoms with Crippen molar-refractivity contribution in [2.24, 2.45) is 5.73 Å². The zero-order valence-electron chi connectivity index (χ0n) is 24.3. The molecule has 2 N–H and O–H groups in total. The molecule has 0 heterocycles. The van der Waals surface area contributed by atoms with E-state index in [9.17, 15) is 13.9 Å². The van der Waals surface area contributed by atoms with E-state index in [-0.39, 0.29) is 5.94 Å². The zero-order chi connectivity index (χ0) is 28.7. The van der Waals surface area contributed by atoms with Gasteiger partial charge in [-0.1, -0.05) is 0 Å². The molecule has 0 bridgehead atoms. The van der Waals surface area contributed by atoms with Crippen LogP contribution in [-0.4, -0.2) is 46.1 Å². The topological polar surface area (TPSA) is 123 Å². The van der Waals surface area contributed by atoms with E-state index in [0.717, 1.165) is 22.8 Å². The van der Waals surface area contributed by atoms with Gasteiger partial charge in [0.1, 0.15) is 11.5 Å². The summed E-state index contributed by atoms with van der Waals surface area (Å²) in [5.41, 5.74) is 2.32. The molecule has 0 spiro atoms. The molecule has 0 saturated carbocycles. The Kier molecular flexibility index (Phi) is 14.5. The third kappa shape index (κ3) is 22.2. The highest BCUT2D eigenvalue weighted by atomic mass is 32.7. The van der Waals surface area contributed by atoms with Crippen LogP contribution < -0.4 is 5.73 Å². The fourth-order valence-electron chi connectivity index (χ4n) is 1.84. The monoisotopic (exact) mass is 581 g/mol. The Morgan fingerprint density at radius 1 is 0.657 bits per heavy atom. The molecule has 0 aliphatic carbocycles. The van der Waals surface area contributed by atoms with E-state index in [4.69, 9.17) is 28.6 Å². The predicted molar refractivity (Wildman–Crippen MR) is 149 cm³/mol. The molecule has 35 heavy (non-hydrogen) atoms. The van der Waals surface area contributed by atoms with E-state index in [1.54, 1.807) is 47.8 Å². The fraction of sp³-hybridized carbons (Fsp3) is 0.955. The standard InChI is InChI=1S/C13H28NO5PS.C9H21O3PS/c1-11(2,3)18-20(16,19-12(4,5)6)21-9-17-10(15)13(7,8)14;1-8(2,3)11-13(10,14-7)12-9(4,5)6/h9,14H2,1-8H3;1-7H3. The van der Waals surface area contributed by atoms with Crippen molar-refractivity contribution in [3.63, 3.8) is 0 Å². The van der Waals surface area contributed by atoms with Gasteiger partial charge in [-0.25, -0.2) is 9.13 Å². The van der Waals surface area contributed by atoms with E-state index < -0.39 is 47.5 Å². The van der Waals surface area contributed by atoms with Crippen LogP contribution in [0.15, 0.2) is 0 Å². The molecule has 0 rings (SSSR count). The average Bonchev–Trinajstić information content (AvgIpc) is 2.46. The minimum Gasteiger partial charge on any atom is -0.453 e. The molecule has 0 saturated heterocycles. The molecule has 9 nitrogen and oxygen atoms in total. The predicted octanol–water partition coefficient (Wildman–Crippen LogP) is 7.78. The Bertz CT molecular complexity index is 718. The Hall–Kier alpha value is 0.430. The van der Waals surface area contributed by atoms with Gasteiger partial charge in [0, 0.05) is 11.4 Å². The number of carbonyl (C=O) groups is 1. The van der Waals surface area contributed by atoms with Crippen LogP contribution >= 0.6 is 36.4 Å². The molecule has 212 valence electrons. The van der Waals surface area contributed by atoms with Gasteiger partial charge >= 0.3 is 19.6 Å². The van der Waals surface area contributed by atoms with Crippen molar-refractivity contribution >= 4 is 42.3 Å². The van der Waals surface area contributed by atoms with E-state index in [0.29, 0.717) is 0 Å². The lowest BCUT2D eigenvalue weighted by Gasteiger charge is -2.31. The van der Waals surface area contributed by atoms with Gasteiger partial charge in [-0.2, -0.15) is 0 Å². The van der Waals surface area contributed by atoms with Crippen LogP contribution in [0.2, 0.25) is 0 Å². The van der Waals surface area contributed by atoms with Crippen molar-refractivity contribution in [1.82, 2.24) is 0 Å². The maximum absolute atomic E-state index is 12.8. The highest BCUT2D eigenvalue weighted by molar-refractivity contribution is 8.55. The van der Waals surface area contributed by atoms with Crippen molar-refractivity contribution in [3.05, 3.63) is 0 Å². The van der Waals surface area contributed by atoms with Crippen LogP contribution in [-0.2, 0) is 36.8 Å². The molecule has 0 aliphatic heterocycles. The van der Waals surface area contributed by atoms with Crippen LogP contribution in [0.25, 0.3) is 0 Å². The summed E-state index contributed by atoms with van der Waals surface area (Å²) < 4.78 is 51.9. The lowest BCUT2D eigenvalue weighted by Crippen LogP contribution is -2.42.